The highest BCUT2D eigenvalue weighted by atomic mass is 31.2. The van der Waals surface area contributed by atoms with E-state index in [0.29, 0.717) is 23.9 Å². The van der Waals surface area contributed by atoms with Gasteiger partial charge in [-0.05, 0) is 102 Å². The van der Waals surface area contributed by atoms with Gasteiger partial charge in [0.25, 0.3) is 7.82 Å². The fraction of sp³-hybridized carbons (Fsp3) is 0.731. The number of phosphoric ester groups is 1. The smallest absolute Gasteiger partial charge is 0.306 e. The Balaban J connectivity index is 5.22. The predicted octanol–water partition coefficient (Wildman–Crippen LogP) is 18.9. The van der Waals surface area contributed by atoms with Crippen LogP contribution in [0.4, 0.5) is 0 Å². The molecule has 0 aliphatic carbocycles. The molecular weight excluding hydrogens is 976 g/mol. The normalized spacial score (nSPS) is 14.3. The van der Waals surface area contributed by atoms with Gasteiger partial charge in [0.15, 0.2) is 0 Å². The summed E-state index contributed by atoms with van der Waals surface area (Å²) in [6, 6.07) is -0.916. The summed E-state index contributed by atoms with van der Waals surface area (Å²) in [7, 11) is 1.15. The number of phosphoric acid groups is 1. The zero-order valence-corrected chi connectivity index (χ0v) is 51.5. The lowest BCUT2D eigenvalue weighted by Gasteiger charge is -2.30. The second-order valence-corrected chi connectivity index (χ2v) is 23.6. The third-order valence-electron chi connectivity index (χ3n) is 13.5. The van der Waals surface area contributed by atoms with Crippen molar-refractivity contribution in [2.24, 2.45) is 0 Å². The molecule has 77 heavy (non-hydrogen) atoms. The van der Waals surface area contributed by atoms with E-state index in [4.69, 9.17) is 13.8 Å². The summed E-state index contributed by atoms with van der Waals surface area (Å²) in [6.45, 7) is 6.66. The van der Waals surface area contributed by atoms with Crippen LogP contribution >= 0.6 is 7.82 Å². The molecule has 0 aromatic heterocycles. The van der Waals surface area contributed by atoms with E-state index < -0.39 is 32.5 Å². The van der Waals surface area contributed by atoms with Crippen LogP contribution in [0, 0.1) is 0 Å². The zero-order valence-electron chi connectivity index (χ0n) is 50.6. The Morgan fingerprint density at radius 2 is 0.844 bits per heavy atom. The first-order valence-electron chi connectivity index (χ1n) is 31.5. The van der Waals surface area contributed by atoms with Crippen molar-refractivity contribution in [1.82, 2.24) is 5.32 Å². The molecule has 0 rings (SSSR count). The van der Waals surface area contributed by atoms with E-state index >= 15 is 0 Å². The molecule has 0 fully saturated rings. The molecule has 0 aliphatic rings. The van der Waals surface area contributed by atoms with Crippen LogP contribution in [0.1, 0.15) is 265 Å². The third-order valence-corrected chi connectivity index (χ3v) is 14.5. The van der Waals surface area contributed by atoms with Crippen LogP contribution in [0.5, 0.6) is 0 Å². The highest BCUT2D eigenvalue weighted by Crippen LogP contribution is 2.38. The maximum atomic E-state index is 13.5. The van der Waals surface area contributed by atoms with Crippen molar-refractivity contribution < 1.29 is 37.3 Å². The number of quaternary nitrogens is 1. The Bertz CT molecular complexity index is 1640. The standard InChI is InChI=1S/C67H119N2O7P/c1-7-10-13-16-19-22-25-27-29-31-32-33-34-35-36-38-39-41-44-47-50-53-56-59-66(70)68-64(63-75-77(72,73)74-62-61-69(4,5)6)65(58-55-52-49-46-43-24-21-18-15-12-9-3)76-67(71)60-57-54-51-48-45-42-40-37-30-28-26-23-20-17-14-11-8-2/h11,14,19-20,22-23,27-30,40,42,48,51,55,58,64-65H,7-10,12-13,15-18,21,24-26,31-39,41,43-47,49-50,52-54,56-57,59-63H2,1-6H3,(H-,68,70,72,73)/b14-11-,22-19-,23-20-,29-27-,30-28-,42-40-,51-48-,58-55-. The highest BCUT2D eigenvalue weighted by molar-refractivity contribution is 7.45. The van der Waals surface area contributed by atoms with E-state index in [2.05, 4.69) is 111 Å². The van der Waals surface area contributed by atoms with Gasteiger partial charge < -0.3 is 28.5 Å². The summed E-state index contributed by atoms with van der Waals surface area (Å²) >= 11 is 0. The number of carbonyl (C=O) groups is 2. The van der Waals surface area contributed by atoms with E-state index in [1.54, 1.807) is 0 Å². The van der Waals surface area contributed by atoms with E-state index in [0.717, 1.165) is 89.9 Å². The summed E-state index contributed by atoms with van der Waals surface area (Å²) in [5.74, 6) is -0.612. The van der Waals surface area contributed by atoms with Gasteiger partial charge in [0.1, 0.15) is 19.3 Å². The van der Waals surface area contributed by atoms with Crippen molar-refractivity contribution in [2.75, 3.05) is 40.9 Å². The monoisotopic (exact) mass is 1090 g/mol. The van der Waals surface area contributed by atoms with Gasteiger partial charge in [-0.2, -0.15) is 0 Å². The van der Waals surface area contributed by atoms with Crippen LogP contribution in [0.25, 0.3) is 0 Å². The second-order valence-electron chi connectivity index (χ2n) is 22.2. The molecule has 0 aromatic rings. The van der Waals surface area contributed by atoms with Crippen molar-refractivity contribution in [1.29, 1.82) is 0 Å². The number of nitrogens with one attached hydrogen (secondary N) is 1. The molecule has 0 saturated heterocycles. The lowest BCUT2D eigenvalue weighted by Crippen LogP contribution is -2.47. The highest BCUT2D eigenvalue weighted by Gasteiger charge is 2.27. The third kappa shape index (κ3) is 57.4. The van der Waals surface area contributed by atoms with Gasteiger partial charge in [0, 0.05) is 12.8 Å². The number of unbranched alkanes of at least 4 members (excludes halogenated alkanes) is 26. The lowest BCUT2D eigenvalue weighted by molar-refractivity contribution is -0.870. The van der Waals surface area contributed by atoms with Gasteiger partial charge in [-0.15, -0.1) is 0 Å². The fourth-order valence-corrected chi connectivity index (χ4v) is 9.37. The molecule has 9 nitrogen and oxygen atoms in total. The molecule has 444 valence electrons. The molecule has 3 atom stereocenters. The largest absolute Gasteiger partial charge is 0.756 e. The molecule has 0 aliphatic heterocycles. The molecular formula is C67H119N2O7P. The minimum Gasteiger partial charge on any atom is -0.756 e. The number of carbonyl (C=O) groups excluding carboxylic acids is 2. The number of likely N-dealkylation sites (N-methyl/N-ethyl adjacent to an activating group) is 1. The number of nitrogens with zero attached hydrogens (tertiary/aromatic N) is 1. The zero-order chi connectivity index (χ0) is 56.4. The van der Waals surface area contributed by atoms with Crippen molar-refractivity contribution >= 4 is 19.7 Å². The molecule has 0 saturated carbocycles. The second kappa shape index (κ2) is 56.2. The number of esters is 1. The number of ether oxygens (including phenoxy) is 1. The first-order chi connectivity index (χ1) is 37.4. The van der Waals surface area contributed by atoms with Crippen LogP contribution in [0.15, 0.2) is 97.2 Å². The maximum absolute atomic E-state index is 13.5. The first kappa shape index (κ1) is 73.9. The van der Waals surface area contributed by atoms with Crippen LogP contribution in [0.2, 0.25) is 0 Å². The Morgan fingerprint density at radius 3 is 1.30 bits per heavy atom. The molecule has 0 heterocycles. The number of hydrogen-bond acceptors (Lipinski definition) is 7. The summed E-state index contributed by atoms with van der Waals surface area (Å²) in [5.41, 5.74) is 0. The molecule has 3 unspecified atom stereocenters. The average molecular weight is 1100 g/mol. The van der Waals surface area contributed by atoms with Gasteiger partial charge >= 0.3 is 5.97 Å². The van der Waals surface area contributed by atoms with Gasteiger partial charge in [-0.1, -0.05) is 247 Å². The Labute approximate surface area is 475 Å². The minimum atomic E-state index is -4.71. The van der Waals surface area contributed by atoms with Crippen molar-refractivity contribution in [3.8, 4) is 0 Å². The van der Waals surface area contributed by atoms with Crippen LogP contribution in [0.3, 0.4) is 0 Å². The number of rotatable bonds is 56. The Hall–Kier alpha value is -3.07. The summed E-state index contributed by atoms with van der Waals surface area (Å²) in [6.07, 6.45) is 75.3. The minimum absolute atomic E-state index is 0.0349. The number of allylic oxidation sites excluding steroid dienone is 15. The molecule has 1 N–H and O–H groups in total. The maximum Gasteiger partial charge on any atom is 0.306 e. The van der Waals surface area contributed by atoms with Crippen LogP contribution in [-0.4, -0.2) is 69.4 Å². The van der Waals surface area contributed by atoms with Gasteiger partial charge in [-0.3, -0.25) is 14.2 Å². The van der Waals surface area contributed by atoms with Gasteiger partial charge in [0.2, 0.25) is 5.91 Å². The van der Waals surface area contributed by atoms with E-state index in [9.17, 15) is 19.0 Å². The average Bonchev–Trinajstić information content (AvgIpc) is 3.39. The van der Waals surface area contributed by atoms with Gasteiger partial charge in [0.05, 0.1) is 33.8 Å². The van der Waals surface area contributed by atoms with Crippen molar-refractivity contribution in [3.05, 3.63) is 97.2 Å². The quantitative estimate of drug-likeness (QED) is 0.0212. The number of amides is 1. The van der Waals surface area contributed by atoms with Crippen molar-refractivity contribution in [3.63, 3.8) is 0 Å². The van der Waals surface area contributed by atoms with Crippen LogP contribution < -0.4 is 10.2 Å². The van der Waals surface area contributed by atoms with Crippen molar-refractivity contribution in [2.45, 2.75) is 277 Å². The Morgan fingerprint density at radius 1 is 0.468 bits per heavy atom. The number of hydrogen-bond donors (Lipinski definition) is 1. The van der Waals surface area contributed by atoms with E-state index in [1.807, 2.05) is 33.3 Å². The fourth-order valence-electron chi connectivity index (χ4n) is 8.65. The van der Waals surface area contributed by atoms with Gasteiger partial charge in [-0.25, -0.2) is 0 Å². The topological polar surface area (TPSA) is 114 Å². The van der Waals surface area contributed by atoms with E-state index in [1.165, 1.54) is 135 Å². The van der Waals surface area contributed by atoms with E-state index in [-0.39, 0.29) is 18.9 Å². The molecule has 10 heteroatoms. The predicted molar refractivity (Wildman–Crippen MR) is 330 cm³/mol. The summed E-state index contributed by atoms with van der Waals surface area (Å²) < 4.78 is 30.2. The molecule has 0 radical (unpaired) electrons. The molecule has 0 spiro atoms. The summed E-state index contributed by atoms with van der Waals surface area (Å²) in [5, 5.41) is 3.01. The molecule has 1 amide bonds. The Kier molecular flexibility index (Phi) is 54.0. The first-order valence-corrected chi connectivity index (χ1v) is 33.0. The molecule has 0 bridgehead atoms. The lowest BCUT2D eigenvalue weighted by atomic mass is 10.0. The SMILES string of the molecule is CC/C=C\C/C=C\C/C=C\C/C=C\C/C=C\CCCC(=O)OC(/C=C\CCCCCCCCCCC)C(COP(=O)([O-])OCC[N+](C)(C)C)NC(=O)CCCCCCCCCCCCCCC/C=C\C/C=C\CCCCC. The molecule has 0 aromatic carbocycles. The summed E-state index contributed by atoms with van der Waals surface area (Å²) in [4.78, 5) is 40.0. The van der Waals surface area contributed by atoms with Crippen LogP contribution in [-0.2, 0) is 27.9 Å².